The Labute approximate surface area is 258 Å². The summed E-state index contributed by atoms with van der Waals surface area (Å²) in [6.45, 7) is 1.00. The number of amides is 2. The molecule has 1 aliphatic rings. The predicted molar refractivity (Wildman–Crippen MR) is 167 cm³/mol. The largest absolute Gasteiger partial charge is 0.506 e. The smallest absolute Gasteiger partial charge is 0.271 e. The Kier molecular flexibility index (Phi) is 8.38. The first-order valence-corrected chi connectivity index (χ1v) is 14.2. The molecular formula is C34H27ClN4O5. The minimum atomic E-state index is -0.466. The van der Waals surface area contributed by atoms with E-state index in [0.717, 1.165) is 33.0 Å². The number of carbonyl (C=O) groups excluding carboxylic acids is 2. The van der Waals surface area contributed by atoms with Gasteiger partial charge < -0.3 is 19.5 Å². The van der Waals surface area contributed by atoms with E-state index >= 15 is 0 Å². The Bertz CT molecular complexity index is 1880. The molecule has 0 spiro atoms. The van der Waals surface area contributed by atoms with Crippen LogP contribution in [0.4, 0.5) is 0 Å². The molecule has 2 N–H and O–H groups in total. The molecule has 0 aliphatic carbocycles. The van der Waals surface area contributed by atoms with Crippen LogP contribution in [-0.2, 0) is 24.3 Å². The first kappa shape index (κ1) is 28.7. The molecule has 2 amide bonds. The van der Waals surface area contributed by atoms with Crippen LogP contribution < -0.4 is 14.9 Å². The third-order valence-corrected chi connectivity index (χ3v) is 7.56. The van der Waals surface area contributed by atoms with Gasteiger partial charge >= 0.3 is 0 Å². The fourth-order valence-corrected chi connectivity index (χ4v) is 5.18. The van der Waals surface area contributed by atoms with Gasteiger partial charge in [-0.15, -0.1) is 0 Å². The van der Waals surface area contributed by atoms with Gasteiger partial charge in [-0.05, 0) is 69.9 Å². The zero-order valence-electron chi connectivity index (χ0n) is 23.4. The number of halogens is 1. The first-order valence-electron chi connectivity index (χ1n) is 13.8. The highest BCUT2D eigenvalue weighted by molar-refractivity contribution is 6.32. The van der Waals surface area contributed by atoms with Crippen molar-refractivity contribution < 1.29 is 24.2 Å². The van der Waals surface area contributed by atoms with Crippen LogP contribution in [0.25, 0.3) is 10.8 Å². The van der Waals surface area contributed by atoms with Crippen molar-refractivity contribution in [2.75, 3.05) is 6.79 Å². The van der Waals surface area contributed by atoms with Gasteiger partial charge in [-0.2, -0.15) is 5.10 Å². The van der Waals surface area contributed by atoms with Crippen LogP contribution in [0.15, 0.2) is 102 Å². The number of nitrogens with zero attached hydrogens (tertiary/aromatic N) is 3. The Hall–Kier alpha value is -5.41. The number of aromatic hydroxyl groups is 1. The molecular weight excluding hydrogens is 580 g/mol. The summed E-state index contributed by atoms with van der Waals surface area (Å²) in [5, 5.41) is 15.6. The Morgan fingerprint density at radius 2 is 1.68 bits per heavy atom. The molecule has 44 heavy (non-hydrogen) atoms. The number of hydrogen-bond acceptors (Lipinski definition) is 7. The molecule has 10 heteroatoms. The topological polar surface area (TPSA) is 113 Å². The van der Waals surface area contributed by atoms with Gasteiger partial charge in [-0.3, -0.25) is 14.6 Å². The van der Waals surface area contributed by atoms with Crippen molar-refractivity contribution in [1.29, 1.82) is 0 Å². The fraction of sp³-hybridized carbons (Fsp3) is 0.118. The minimum absolute atomic E-state index is 0.0362. The summed E-state index contributed by atoms with van der Waals surface area (Å²) in [6.07, 6.45) is 5.18. The molecule has 1 aliphatic heterocycles. The van der Waals surface area contributed by atoms with E-state index in [-0.39, 0.29) is 35.5 Å². The zero-order chi connectivity index (χ0) is 30.5. The van der Waals surface area contributed by atoms with Gasteiger partial charge in [0, 0.05) is 36.6 Å². The lowest BCUT2D eigenvalue weighted by atomic mass is 9.97. The number of phenolic OH excluding ortho intramolecular Hbond substituents is 1. The second-order valence-electron chi connectivity index (χ2n) is 10.2. The van der Waals surface area contributed by atoms with Gasteiger partial charge in [0.1, 0.15) is 5.75 Å². The molecule has 1 aromatic heterocycles. The summed E-state index contributed by atoms with van der Waals surface area (Å²) in [6, 6.07) is 25.2. The third kappa shape index (κ3) is 6.48. The van der Waals surface area contributed by atoms with Gasteiger partial charge in [0.2, 0.25) is 12.7 Å². The minimum Gasteiger partial charge on any atom is -0.506 e. The van der Waals surface area contributed by atoms with Crippen molar-refractivity contribution in [3.05, 3.63) is 130 Å². The number of hydrogen-bond donors (Lipinski definition) is 2. The van der Waals surface area contributed by atoms with E-state index in [9.17, 15) is 14.7 Å². The number of pyridine rings is 1. The van der Waals surface area contributed by atoms with E-state index in [1.807, 2.05) is 71.6 Å². The number of aromatic nitrogens is 1. The molecule has 0 saturated carbocycles. The maximum absolute atomic E-state index is 13.9. The van der Waals surface area contributed by atoms with Gasteiger partial charge in [-0.25, -0.2) is 5.43 Å². The Morgan fingerprint density at radius 3 is 2.50 bits per heavy atom. The number of rotatable bonds is 9. The Balaban J connectivity index is 1.22. The van der Waals surface area contributed by atoms with Crippen molar-refractivity contribution >= 4 is 40.4 Å². The molecule has 9 nitrogen and oxygen atoms in total. The molecule has 0 bridgehead atoms. The fourth-order valence-electron chi connectivity index (χ4n) is 5.00. The van der Waals surface area contributed by atoms with Crippen LogP contribution in [0, 0.1) is 0 Å². The zero-order valence-corrected chi connectivity index (χ0v) is 24.2. The van der Waals surface area contributed by atoms with E-state index in [4.69, 9.17) is 21.1 Å². The molecule has 0 saturated heterocycles. The maximum Gasteiger partial charge on any atom is 0.271 e. The van der Waals surface area contributed by atoms with Crippen LogP contribution in [-0.4, -0.2) is 39.8 Å². The molecule has 0 radical (unpaired) electrons. The van der Waals surface area contributed by atoms with E-state index in [0.29, 0.717) is 24.6 Å². The van der Waals surface area contributed by atoms with Gasteiger partial charge in [0.25, 0.3) is 5.91 Å². The first-order chi connectivity index (χ1) is 21.4. The van der Waals surface area contributed by atoms with E-state index < -0.39 is 5.91 Å². The number of ether oxygens (including phenoxy) is 2. The maximum atomic E-state index is 13.9. The second kappa shape index (κ2) is 12.8. The van der Waals surface area contributed by atoms with Crippen LogP contribution >= 0.6 is 11.6 Å². The third-order valence-electron chi connectivity index (χ3n) is 7.26. The number of fused-ring (bicyclic) bond motifs is 2. The van der Waals surface area contributed by atoms with E-state index in [1.165, 1.54) is 18.2 Å². The highest BCUT2D eigenvalue weighted by Gasteiger charge is 2.20. The molecule has 0 atom stereocenters. The molecule has 220 valence electrons. The average Bonchev–Trinajstić information content (AvgIpc) is 3.51. The van der Waals surface area contributed by atoms with Gasteiger partial charge in [0.05, 0.1) is 17.7 Å². The average molecular weight is 607 g/mol. The predicted octanol–water partition coefficient (Wildman–Crippen LogP) is 5.86. The number of carbonyl (C=O) groups is 2. The van der Waals surface area contributed by atoms with E-state index in [1.54, 1.807) is 18.6 Å². The molecule has 0 fully saturated rings. The molecule has 2 heterocycles. The summed E-state index contributed by atoms with van der Waals surface area (Å²) >= 11 is 5.92. The lowest BCUT2D eigenvalue weighted by molar-refractivity contribution is -0.131. The molecule has 4 aromatic carbocycles. The van der Waals surface area contributed by atoms with Crippen molar-refractivity contribution in [2.24, 2.45) is 5.10 Å². The van der Waals surface area contributed by atoms with Crippen molar-refractivity contribution in [2.45, 2.75) is 19.5 Å². The normalized spacial score (nSPS) is 12.0. The summed E-state index contributed by atoms with van der Waals surface area (Å²) in [4.78, 5) is 32.3. The summed E-state index contributed by atoms with van der Waals surface area (Å²) in [7, 11) is 0. The Morgan fingerprint density at radius 1 is 0.909 bits per heavy atom. The number of nitrogens with one attached hydrogen (secondary N) is 1. The summed E-state index contributed by atoms with van der Waals surface area (Å²) in [5.41, 5.74) is 6.31. The number of benzene rings is 4. The van der Waals surface area contributed by atoms with Crippen LogP contribution in [0.5, 0.6) is 17.2 Å². The lowest BCUT2D eigenvalue weighted by Crippen LogP contribution is -2.31. The highest BCUT2D eigenvalue weighted by atomic mass is 35.5. The number of hydrazone groups is 1. The van der Waals surface area contributed by atoms with Crippen LogP contribution in [0.3, 0.4) is 0 Å². The SMILES string of the molecule is O=C(N/N=C/c1ccc(CC(=O)N(Cc2ccncc2)Cc2ccc3c(c2)OCO3)c2ccccc12)c1ccc(O)c(Cl)c1. The standard InChI is InChI=1S/C34H27ClN4O5/c35-29-16-25(8-9-30(29)40)34(42)38-37-18-26-7-6-24(27-3-1-2-4-28(26)27)17-33(41)39(19-22-11-13-36-14-12-22)20-23-5-10-31-32(15-23)44-21-43-31/h1-16,18,40H,17,19-21H2,(H,38,42)/b37-18+. The van der Waals surface area contributed by atoms with Crippen LogP contribution in [0.2, 0.25) is 5.02 Å². The van der Waals surface area contributed by atoms with Crippen LogP contribution in [0.1, 0.15) is 32.6 Å². The monoisotopic (exact) mass is 606 g/mol. The second-order valence-corrected chi connectivity index (χ2v) is 10.6. The summed E-state index contributed by atoms with van der Waals surface area (Å²) < 4.78 is 11.0. The van der Waals surface area contributed by atoms with Crippen molar-refractivity contribution in [3.63, 3.8) is 0 Å². The molecule has 0 unspecified atom stereocenters. The van der Waals surface area contributed by atoms with Crippen molar-refractivity contribution in [3.8, 4) is 17.2 Å². The van der Waals surface area contributed by atoms with E-state index in [2.05, 4.69) is 15.5 Å². The summed E-state index contributed by atoms with van der Waals surface area (Å²) in [5.74, 6) is 0.757. The molecule has 5 aromatic rings. The lowest BCUT2D eigenvalue weighted by Gasteiger charge is -2.24. The van der Waals surface area contributed by atoms with Gasteiger partial charge in [0.15, 0.2) is 11.5 Å². The van der Waals surface area contributed by atoms with Gasteiger partial charge in [-0.1, -0.05) is 54.1 Å². The molecule has 6 rings (SSSR count). The quantitative estimate of drug-likeness (QED) is 0.161. The highest BCUT2D eigenvalue weighted by Crippen LogP contribution is 2.33. The number of phenols is 1. The van der Waals surface area contributed by atoms with Crippen molar-refractivity contribution in [1.82, 2.24) is 15.3 Å².